The standard InChI is InChI=1S/C9H15N3/c1-7-6-8(12-5-4-10)2-3-9(7)11/h2-3,6,12H,4-5,10-11H2,1H3. The Morgan fingerprint density at radius 3 is 2.75 bits per heavy atom. The van der Waals surface area contributed by atoms with Gasteiger partial charge in [-0.2, -0.15) is 0 Å². The zero-order chi connectivity index (χ0) is 8.97. The highest BCUT2D eigenvalue weighted by Gasteiger charge is 1.94. The van der Waals surface area contributed by atoms with Gasteiger partial charge in [-0.15, -0.1) is 0 Å². The summed E-state index contributed by atoms with van der Waals surface area (Å²) in [6, 6.07) is 5.87. The lowest BCUT2D eigenvalue weighted by molar-refractivity contribution is 1.02. The van der Waals surface area contributed by atoms with E-state index >= 15 is 0 Å². The van der Waals surface area contributed by atoms with Crippen LogP contribution in [0.15, 0.2) is 18.2 Å². The van der Waals surface area contributed by atoms with Crippen molar-refractivity contribution in [3.05, 3.63) is 23.8 Å². The molecule has 1 rings (SSSR count). The predicted octanol–water partition coefficient (Wildman–Crippen LogP) is 0.948. The Bertz CT molecular complexity index is 258. The summed E-state index contributed by atoms with van der Waals surface area (Å²) in [5.41, 5.74) is 14.0. The quantitative estimate of drug-likeness (QED) is 0.584. The van der Waals surface area contributed by atoms with Gasteiger partial charge in [0, 0.05) is 24.5 Å². The minimum absolute atomic E-state index is 0.642. The Morgan fingerprint density at radius 2 is 2.17 bits per heavy atom. The summed E-state index contributed by atoms with van der Waals surface area (Å²) < 4.78 is 0. The number of benzene rings is 1. The number of nitrogens with one attached hydrogen (secondary N) is 1. The molecule has 0 bridgehead atoms. The molecule has 0 unspecified atom stereocenters. The molecule has 0 aliphatic carbocycles. The molecule has 1 aromatic carbocycles. The van der Waals surface area contributed by atoms with E-state index in [9.17, 15) is 0 Å². The lowest BCUT2D eigenvalue weighted by Gasteiger charge is -2.06. The average Bonchev–Trinajstić information content (AvgIpc) is 2.07. The SMILES string of the molecule is Cc1cc(NCCN)ccc1N. The van der Waals surface area contributed by atoms with Crippen molar-refractivity contribution in [1.82, 2.24) is 0 Å². The van der Waals surface area contributed by atoms with Crippen molar-refractivity contribution >= 4 is 11.4 Å². The van der Waals surface area contributed by atoms with E-state index in [4.69, 9.17) is 11.5 Å². The number of anilines is 2. The maximum Gasteiger partial charge on any atom is 0.0345 e. The average molecular weight is 165 g/mol. The van der Waals surface area contributed by atoms with Crippen LogP contribution in [0.1, 0.15) is 5.56 Å². The molecule has 0 aromatic heterocycles. The topological polar surface area (TPSA) is 64.1 Å². The molecule has 3 nitrogen and oxygen atoms in total. The third-order valence-corrected chi connectivity index (χ3v) is 1.74. The van der Waals surface area contributed by atoms with E-state index in [2.05, 4.69) is 5.32 Å². The van der Waals surface area contributed by atoms with Crippen LogP contribution in [0, 0.1) is 6.92 Å². The van der Waals surface area contributed by atoms with Gasteiger partial charge in [0.25, 0.3) is 0 Å². The molecule has 66 valence electrons. The molecule has 0 amide bonds. The van der Waals surface area contributed by atoms with Crippen LogP contribution < -0.4 is 16.8 Å². The summed E-state index contributed by atoms with van der Waals surface area (Å²) in [5, 5.41) is 3.18. The smallest absolute Gasteiger partial charge is 0.0345 e. The zero-order valence-electron chi connectivity index (χ0n) is 7.30. The molecular formula is C9H15N3. The van der Waals surface area contributed by atoms with Crippen molar-refractivity contribution in [2.24, 2.45) is 5.73 Å². The van der Waals surface area contributed by atoms with Gasteiger partial charge >= 0.3 is 0 Å². The van der Waals surface area contributed by atoms with Gasteiger partial charge in [0.15, 0.2) is 0 Å². The van der Waals surface area contributed by atoms with E-state index in [-0.39, 0.29) is 0 Å². The first-order valence-corrected chi connectivity index (χ1v) is 4.04. The number of nitrogen functional groups attached to an aromatic ring is 1. The Balaban J connectivity index is 2.69. The Kier molecular flexibility index (Phi) is 2.94. The van der Waals surface area contributed by atoms with E-state index in [1.54, 1.807) is 0 Å². The van der Waals surface area contributed by atoms with Gasteiger partial charge in [0.05, 0.1) is 0 Å². The summed E-state index contributed by atoms with van der Waals surface area (Å²) >= 11 is 0. The lowest BCUT2D eigenvalue weighted by Crippen LogP contribution is -2.13. The summed E-state index contributed by atoms with van der Waals surface area (Å²) in [4.78, 5) is 0. The molecule has 0 saturated carbocycles. The summed E-state index contributed by atoms with van der Waals surface area (Å²) in [6.45, 7) is 3.43. The van der Waals surface area contributed by atoms with Crippen LogP contribution in [0.2, 0.25) is 0 Å². The van der Waals surface area contributed by atoms with Crippen molar-refractivity contribution in [1.29, 1.82) is 0 Å². The molecule has 12 heavy (non-hydrogen) atoms. The zero-order valence-corrected chi connectivity index (χ0v) is 7.30. The Labute approximate surface area is 72.8 Å². The maximum absolute atomic E-state index is 5.66. The van der Waals surface area contributed by atoms with Crippen molar-refractivity contribution in [2.75, 3.05) is 24.1 Å². The Morgan fingerprint density at radius 1 is 1.42 bits per heavy atom. The van der Waals surface area contributed by atoms with Gasteiger partial charge in [0.1, 0.15) is 0 Å². The van der Waals surface area contributed by atoms with Gasteiger partial charge in [-0.1, -0.05) is 0 Å². The van der Waals surface area contributed by atoms with Crippen LogP contribution in [0.3, 0.4) is 0 Å². The summed E-state index contributed by atoms with van der Waals surface area (Å²) in [6.07, 6.45) is 0. The second-order valence-electron chi connectivity index (χ2n) is 2.79. The summed E-state index contributed by atoms with van der Waals surface area (Å²) in [5.74, 6) is 0. The summed E-state index contributed by atoms with van der Waals surface area (Å²) in [7, 11) is 0. The normalized spacial score (nSPS) is 9.83. The van der Waals surface area contributed by atoms with Crippen LogP contribution >= 0.6 is 0 Å². The molecule has 3 heteroatoms. The van der Waals surface area contributed by atoms with Crippen LogP contribution in [0.5, 0.6) is 0 Å². The minimum Gasteiger partial charge on any atom is -0.399 e. The third kappa shape index (κ3) is 2.13. The molecular weight excluding hydrogens is 150 g/mol. The van der Waals surface area contributed by atoms with E-state index in [1.165, 1.54) is 0 Å². The van der Waals surface area contributed by atoms with Gasteiger partial charge in [-0.05, 0) is 30.7 Å². The Hall–Kier alpha value is -1.22. The molecule has 0 atom stereocenters. The highest BCUT2D eigenvalue weighted by atomic mass is 14.9. The number of hydrogen-bond donors (Lipinski definition) is 3. The van der Waals surface area contributed by atoms with Gasteiger partial charge in [-0.3, -0.25) is 0 Å². The fourth-order valence-electron chi connectivity index (χ4n) is 1.00. The minimum atomic E-state index is 0.642. The number of aryl methyl sites for hydroxylation is 1. The van der Waals surface area contributed by atoms with Crippen molar-refractivity contribution in [2.45, 2.75) is 6.92 Å². The molecule has 0 fully saturated rings. The second kappa shape index (κ2) is 3.97. The fraction of sp³-hybridized carbons (Fsp3) is 0.333. The molecule has 0 spiro atoms. The highest BCUT2D eigenvalue weighted by Crippen LogP contribution is 2.15. The van der Waals surface area contributed by atoms with Crippen molar-refractivity contribution < 1.29 is 0 Å². The van der Waals surface area contributed by atoms with Crippen LogP contribution in [0.4, 0.5) is 11.4 Å². The number of rotatable bonds is 3. The van der Waals surface area contributed by atoms with E-state index < -0.39 is 0 Å². The van der Waals surface area contributed by atoms with Gasteiger partial charge in [-0.25, -0.2) is 0 Å². The molecule has 0 aliphatic rings. The number of nitrogens with two attached hydrogens (primary N) is 2. The second-order valence-corrected chi connectivity index (χ2v) is 2.79. The third-order valence-electron chi connectivity index (χ3n) is 1.74. The van der Waals surface area contributed by atoms with Crippen molar-refractivity contribution in [3.8, 4) is 0 Å². The van der Waals surface area contributed by atoms with Crippen molar-refractivity contribution in [3.63, 3.8) is 0 Å². The van der Waals surface area contributed by atoms with Crippen LogP contribution in [-0.4, -0.2) is 13.1 Å². The van der Waals surface area contributed by atoms with E-state index in [0.29, 0.717) is 6.54 Å². The van der Waals surface area contributed by atoms with E-state index in [1.807, 2.05) is 25.1 Å². The monoisotopic (exact) mass is 165 g/mol. The molecule has 0 aliphatic heterocycles. The molecule has 0 heterocycles. The lowest BCUT2D eigenvalue weighted by atomic mass is 10.2. The van der Waals surface area contributed by atoms with Gasteiger partial charge in [0.2, 0.25) is 0 Å². The molecule has 1 aromatic rings. The molecule has 5 N–H and O–H groups in total. The largest absolute Gasteiger partial charge is 0.399 e. The maximum atomic E-state index is 5.66. The first-order chi connectivity index (χ1) is 5.74. The van der Waals surface area contributed by atoms with Gasteiger partial charge < -0.3 is 16.8 Å². The molecule has 0 saturated heterocycles. The molecule has 0 radical (unpaired) electrons. The van der Waals surface area contributed by atoms with Crippen LogP contribution in [-0.2, 0) is 0 Å². The highest BCUT2D eigenvalue weighted by molar-refractivity contribution is 5.56. The fourth-order valence-corrected chi connectivity index (χ4v) is 1.00. The first-order valence-electron chi connectivity index (χ1n) is 4.04. The first kappa shape index (κ1) is 8.87. The van der Waals surface area contributed by atoms with Crippen LogP contribution in [0.25, 0.3) is 0 Å². The number of hydrogen-bond acceptors (Lipinski definition) is 3. The predicted molar refractivity (Wildman–Crippen MR) is 53.1 cm³/mol. The van der Waals surface area contributed by atoms with E-state index in [0.717, 1.165) is 23.5 Å².